The minimum atomic E-state index is -4.37. The van der Waals surface area contributed by atoms with E-state index in [2.05, 4.69) is 4.98 Å². The molecular weight excluding hydrogens is 283 g/mol. The summed E-state index contributed by atoms with van der Waals surface area (Å²) >= 11 is 0. The van der Waals surface area contributed by atoms with E-state index in [4.69, 9.17) is 9.47 Å². The normalized spacial score (nSPS) is 11.2. The van der Waals surface area contributed by atoms with Crippen LogP contribution in [-0.2, 0) is 6.18 Å². The first-order valence-corrected chi connectivity index (χ1v) is 6.31. The maximum atomic E-state index is 12.5. The summed E-state index contributed by atoms with van der Waals surface area (Å²) in [5.41, 5.74) is 0.145. The van der Waals surface area contributed by atoms with Crippen molar-refractivity contribution in [3.63, 3.8) is 0 Å². The monoisotopic (exact) mass is 297 g/mol. The third-order valence-electron chi connectivity index (χ3n) is 2.67. The fourth-order valence-corrected chi connectivity index (χ4v) is 1.62. The summed E-state index contributed by atoms with van der Waals surface area (Å²) in [5.74, 6) is 0.753. The first kappa shape index (κ1) is 15.2. The molecule has 0 aliphatic rings. The predicted molar refractivity (Wildman–Crippen MR) is 71.4 cm³/mol. The van der Waals surface area contributed by atoms with Crippen molar-refractivity contribution in [2.45, 2.75) is 13.1 Å². The number of alkyl halides is 3. The van der Waals surface area contributed by atoms with Gasteiger partial charge in [0.25, 0.3) is 0 Å². The van der Waals surface area contributed by atoms with Gasteiger partial charge < -0.3 is 9.47 Å². The molecule has 0 saturated carbocycles. The largest absolute Gasteiger partial charge is 0.490 e. The predicted octanol–water partition coefficient (Wildman–Crippen LogP) is 3.87. The highest BCUT2D eigenvalue weighted by Crippen LogP contribution is 2.31. The molecule has 0 aliphatic carbocycles. The molecule has 1 aromatic heterocycles. The molecule has 1 aromatic carbocycles. The molecule has 0 unspecified atom stereocenters. The quantitative estimate of drug-likeness (QED) is 0.785. The Morgan fingerprint density at radius 3 is 2.33 bits per heavy atom. The minimum absolute atomic E-state index is 0.148. The molecule has 0 aliphatic heterocycles. The average molecular weight is 297 g/mol. The van der Waals surface area contributed by atoms with Gasteiger partial charge in [-0.2, -0.15) is 13.2 Å². The lowest BCUT2D eigenvalue weighted by Gasteiger charge is -2.11. The lowest BCUT2D eigenvalue weighted by atomic mass is 10.2. The zero-order valence-corrected chi connectivity index (χ0v) is 11.4. The van der Waals surface area contributed by atoms with Gasteiger partial charge in [-0.1, -0.05) is 6.07 Å². The molecular formula is C15H14F3NO2. The molecule has 0 fully saturated rings. The number of halogens is 3. The van der Waals surface area contributed by atoms with E-state index in [0.29, 0.717) is 5.75 Å². The number of hydrogen-bond acceptors (Lipinski definition) is 3. The molecule has 0 saturated heterocycles. The first-order valence-electron chi connectivity index (χ1n) is 6.31. The van der Waals surface area contributed by atoms with Crippen molar-refractivity contribution in [3.05, 3.63) is 53.9 Å². The molecule has 21 heavy (non-hydrogen) atoms. The van der Waals surface area contributed by atoms with Gasteiger partial charge in [-0.15, -0.1) is 0 Å². The van der Waals surface area contributed by atoms with Crippen molar-refractivity contribution in [1.82, 2.24) is 4.98 Å². The maximum Gasteiger partial charge on any atom is 0.416 e. The van der Waals surface area contributed by atoms with E-state index in [0.717, 1.165) is 17.8 Å². The molecule has 6 heteroatoms. The molecule has 112 valence electrons. The summed E-state index contributed by atoms with van der Waals surface area (Å²) < 4.78 is 48.2. The average Bonchev–Trinajstić information content (AvgIpc) is 2.45. The van der Waals surface area contributed by atoms with Crippen molar-refractivity contribution in [3.8, 4) is 11.5 Å². The zero-order chi connectivity index (χ0) is 15.3. The maximum absolute atomic E-state index is 12.5. The van der Waals surface area contributed by atoms with Gasteiger partial charge in [0.2, 0.25) is 0 Å². The lowest BCUT2D eigenvalue weighted by molar-refractivity contribution is -0.137. The number of aromatic nitrogens is 1. The van der Waals surface area contributed by atoms with Gasteiger partial charge in [0.05, 0.1) is 11.8 Å². The molecule has 0 amide bonds. The van der Waals surface area contributed by atoms with E-state index in [1.54, 1.807) is 12.3 Å². The van der Waals surface area contributed by atoms with Crippen molar-refractivity contribution in [2.24, 2.45) is 0 Å². The third kappa shape index (κ3) is 4.66. The first-order chi connectivity index (χ1) is 9.95. The Hall–Kier alpha value is -2.24. The number of hydrogen-bond donors (Lipinski definition) is 0. The number of rotatable bonds is 5. The van der Waals surface area contributed by atoms with Crippen molar-refractivity contribution in [2.75, 3.05) is 13.2 Å². The second-order valence-electron chi connectivity index (χ2n) is 4.36. The minimum Gasteiger partial charge on any atom is -0.490 e. The fourth-order valence-electron chi connectivity index (χ4n) is 1.62. The fraction of sp³-hybridized carbons (Fsp3) is 0.267. The second-order valence-corrected chi connectivity index (χ2v) is 4.36. The lowest BCUT2D eigenvalue weighted by Crippen LogP contribution is -2.10. The van der Waals surface area contributed by atoms with E-state index in [9.17, 15) is 13.2 Å². The van der Waals surface area contributed by atoms with Gasteiger partial charge in [0.15, 0.2) is 0 Å². The SMILES string of the molecule is Cc1ccc(OCCOc2cccc(C(F)(F)F)c2)cn1. The Kier molecular flexibility index (Phi) is 4.67. The van der Waals surface area contributed by atoms with Gasteiger partial charge in [-0.05, 0) is 37.3 Å². The van der Waals surface area contributed by atoms with E-state index < -0.39 is 11.7 Å². The zero-order valence-electron chi connectivity index (χ0n) is 11.4. The van der Waals surface area contributed by atoms with Crippen LogP contribution in [0, 0.1) is 6.92 Å². The number of pyridine rings is 1. The van der Waals surface area contributed by atoms with Gasteiger partial charge in [-0.3, -0.25) is 4.98 Å². The van der Waals surface area contributed by atoms with E-state index >= 15 is 0 Å². The Balaban J connectivity index is 1.82. The molecule has 1 heterocycles. The van der Waals surface area contributed by atoms with Crippen molar-refractivity contribution >= 4 is 0 Å². The van der Waals surface area contributed by atoms with Gasteiger partial charge in [-0.25, -0.2) is 0 Å². The number of benzene rings is 1. The highest BCUT2D eigenvalue weighted by Gasteiger charge is 2.30. The summed E-state index contributed by atoms with van der Waals surface area (Å²) in [7, 11) is 0. The van der Waals surface area contributed by atoms with E-state index in [1.807, 2.05) is 13.0 Å². The summed E-state index contributed by atoms with van der Waals surface area (Å²) in [4.78, 5) is 4.06. The van der Waals surface area contributed by atoms with E-state index in [-0.39, 0.29) is 19.0 Å². The summed E-state index contributed by atoms with van der Waals surface area (Å²) in [6.07, 6.45) is -2.79. The van der Waals surface area contributed by atoms with Crippen LogP contribution in [0.5, 0.6) is 11.5 Å². The Labute approximate surface area is 120 Å². The van der Waals surface area contributed by atoms with Gasteiger partial charge in [0.1, 0.15) is 24.7 Å². The highest BCUT2D eigenvalue weighted by atomic mass is 19.4. The molecule has 0 radical (unpaired) electrons. The number of aryl methyl sites for hydroxylation is 1. The van der Waals surface area contributed by atoms with Crippen LogP contribution < -0.4 is 9.47 Å². The van der Waals surface area contributed by atoms with Crippen LogP contribution in [0.1, 0.15) is 11.3 Å². The van der Waals surface area contributed by atoms with Crippen LogP contribution in [0.4, 0.5) is 13.2 Å². The van der Waals surface area contributed by atoms with Crippen LogP contribution in [0.2, 0.25) is 0 Å². The Morgan fingerprint density at radius 2 is 1.71 bits per heavy atom. The van der Waals surface area contributed by atoms with Gasteiger partial charge in [0, 0.05) is 5.69 Å². The van der Waals surface area contributed by atoms with Crippen LogP contribution in [0.15, 0.2) is 42.6 Å². The van der Waals surface area contributed by atoms with Crippen LogP contribution in [-0.4, -0.2) is 18.2 Å². The Morgan fingerprint density at radius 1 is 1.00 bits per heavy atom. The molecule has 0 spiro atoms. The van der Waals surface area contributed by atoms with Crippen LogP contribution in [0.25, 0.3) is 0 Å². The molecule has 0 bridgehead atoms. The molecule has 0 atom stereocenters. The second kappa shape index (κ2) is 6.47. The van der Waals surface area contributed by atoms with Gasteiger partial charge >= 0.3 is 6.18 Å². The smallest absolute Gasteiger partial charge is 0.416 e. The number of ether oxygens (including phenoxy) is 2. The molecule has 0 N–H and O–H groups in total. The Bertz CT molecular complexity index is 582. The third-order valence-corrected chi connectivity index (χ3v) is 2.67. The standard InChI is InChI=1S/C15H14F3NO2/c1-11-5-6-14(10-19-11)21-8-7-20-13-4-2-3-12(9-13)15(16,17)18/h2-6,9-10H,7-8H2,1H3. The molecule has 2 rings (SSSR count). The van der Waals surface area contributed by atoms with Crippen LogP contribution >= 0.6 is 0 Å². The summed E-state index contributed by atoms with van der Waals surface area (Å²) in [5, 5.41) is 0. The molecule has 2 aromatic rings. The van der Waals surface area contributed by atoms with E-state index in [1.165, 1.54) is 12.1 Å². The highest BCUT2D eigenvalue weighted by molar-refractivity contribution is 5.30. The summed E-state index contributed by atoms with van der Waals surface area (Å²) in [6.45, 7) is 2.23. The molecule has 3 nitrogen and oxygen atoms in total. The topological polar surface area (TPSA) is 31.4 Å². The number of nitrogens with zero attached hydrogens (tertiary/aromatic N) is 1. The summed E-state index contributed by atoms with van der Waals surface area (Å²) in [6, 6.07) is 8.33. The van der Waals surface area contributed by atoms with Crippen LogP contribution in [0.3, 0.4) is 0 Å². The van der Waals surface area contributed by atoms with Crippen molar-refractivity contribution in [1.29, 1.82) is 0 Å². The van der Waals surface area contributed by atoms with Crippen molar-refractivity contribution < 1.29 is 22.6 Å².